The highest BCUT2D eigenvalue weighted by atomic mass is 16.4. The van der Waals surface area contributed by atoms with Gasteiger partial charge < -0.3 is 10.4 Å². The lowest BCUT2D eigenvalue weighted by molar-refractivity contribution is -0.131. The molecule has 1 aromatic heterocycles. The molecule has 122 valence electrons. The standard InChI is InChI=1S/C16H25N3O3/c1-12(2)5-10-18-14(20)16(3,4)19(15(21)22)11-13-6-8-17-9-7-13/h6-9,12H,5,10-11H2,1-4H3,(H,18,20)(H,21,22). The van der Waals surface area contributed by atoms with Crippen LogP contribution in [0.5, 0.6) is 0 Å². The van der Waals surface area contributed by atoms with Crippen LogP contribution in [-0.4, -0.2) is 39.1 Å². The second-order valence-corrected chi connectivity index (χ2v) is 6.22. The highest BCUT2D eigenvalue weighted by molar-refractivity contribution is 5.88. The van der Waals surface area contributed by atoms with Crippen molar-refractivity contribution in [3.63, 3.8) is 0 Å². The number of amides is 2. The Labute approximate surface area is 131 Å². The zero-order valence-corrected chi connectivity index (χ0v) is 13.7. The number of aromatic nitrogens is 1. The van der Waals surface area contributed by atoms with E-state index in [0.717, 1.165) is 16.9 Å². The van der Waals surface area contributed by atoms with E-state index < -0.39 is 11.6 Å². The minimum absolute atomic E-state index is 0.141. The normalized spacial score (nSPS) is 11.3. The number of carboxylic acid groups (broad SMARTS) is 1. The van der Waals surface area contributed by atoms with Gasteiger partial charge in [-0.3, -0.25) is 14.7 Å². The lowest BCUT2D eigenvalue weighted by Crippen LogP contribution is -2.56. The quantitative estimate of drug-likeness (QED) is 0.811. The van der Waals surface area contributed by atoms with Crippen molar-refractivity contribution in [2.24, 2.45) is 5.92 Å². The Morgan fingerprint density at radius 3 is 2.41 bits per heavy atom. The van der Waals surface area contributed by atoms with Crippen molar-refractivity contribution in [3.05, 3.63) is 30.1 Å². The summed E-state index contributed by atoms with van der Waals surface area (Å²) in [6.07, 6.45) is 2.94. The maximum atomic E-state index is 12.4. The van der Waals surface area contributed by atoms with Crippen LogP contribution < -0.4 is 5.32 Å². The zero-order chi connectivity index (χ0) is 16.8. The summed E-state index contributed by atoms with van der Waals surface area (Å²) in [6, 6.07) is 3.48. The lowest BCUT2D eigenvalue weighted by Gasteiger charge is -2.35. The maximum absolute atomic E-state index is 12.4. The second-order valence-electron chi connectivity index (χ2n) is 6.22. The molecule has 2 amide bonds. The number of rotatable bonds is 7. The molecule has 0 atom stereocenters. The molecule has 0 aliphatic carbocycles. The van der Waals surface area contributed by atoms with Gasteiger partial charge in [-0.2, -0.15) is 0 Å². The van der Waals surface area contributed by atoms with Gasteiger partial charge in [0.15, 0.2) is 0 Å². The van der Waals surface area contributed by atoms with Crippen LogP contribution in [0.3, 0.4) is 0 Å². The Balaban J connectivity index is 2.79. The van der Waals surface area contributed by atoms with Gasteiger partial charge in [-0.1, -0.05) is 13.8 Å². The average molecular weight is 307 g/mol. The summed E-state index contributed by atoms with van der Waals surface area (Å²) in [6.45, 7) is 8.07. The zero-order valence-electron chi connectivity index (χ0n) is 13.7. The second kappa shape index (κ2) is 7.77. The smallest absolute Gasteiger partial charge is 0.408 e. The van der Waals surface area contributed by atoms with E-state index in [0.29, 0.717) is 12.5 Å². The molecule has 1 aromatic rings. The fourth-order valence-electron chi connectivity index (χ4n) is 1.99. The van der Waals surface area contributed by atoms with Gasteiger partial charge in [-0.15, -0.1) is 0 Å². The van der Waals surface area contributed by atoms with Crippen LogP contribution in [0.4, 0.5) is 4.79 Å². The molecule has 1 rings (SSSR count). The molecule has 0 unspecified atom stereocenters. The number of pyridine rings is 1. The highest BCUT2D eigenvalue weighted by Crippen LogP contribution is 2.18. The maximum Gasteiger partial charge on any atom is 0.408 e. The predicted octanol–water partition coefficient (Wildman–Crippen LogP) is 2.50. The van der Waals surface area contributed by atoms with Crippen molar-refractivity contribution in [2.45, 2.75) is 46.2 Å². The summed E-state index contributed by atoms with van der Waals surface area (Å²) in [5, 5.41) is 12.3. The van der Waals surface area contributed by atoms with Gasteiger partial charge in [-0.05, 0) is 43.9 Å². The van der Waals surface area contributed by atoms with Crippen LogP contribution in [0.25, 0.3) is 0 Å². The van der Waals surface area contributed by atoms with Crippen LogP contribution >= 0.6 is 0 Å². The van der Waals surface area contributed by atoms with E-state index in [1.54, 1.807) is 38.4 Å². The van der Waals surface area contributed by atoms with Crippen molar-refractivity contribution in [1.82, 2.24) is 15.2 Å². The first kappa shape index (κ1) is 17.9. The third kappa shape index (κ3) is 5.02. The minimum atomic E-state index is -1.15. The summed E-state index contributed by atoms with van der Waals surface area (Å²) in [4.78, 5) is 29.0. The molecule has 22 heavy (non-hydrogen) atoms. The summed E-state index contributed by atoms with van der Waals surface area (Å²) in [5.74, 6) is 0.195. The first-order chi connectivity index (χ1) is 10.2. The largest absolute Gasteiger partial charge is 0.465 e. The Hall–Kier alpha value is -2.11. The Bertz CT molecular complexity index is 501. The average Bonchev–Trinajstić information content (AvgIpc) is 2.44. The number of nitrogens with one attached hydrogen (secondary N) is 1. The number of hydrogen-bond acceptors (Lipinski definition) is 3. The topological polar surface area (TPSA) is 82.5 Å². The number of carbonyl (C=O) groups excluding carboxylic acids is 1. The fourth-order valence-corrected chi connectivity index (χ4v) is 1.99. The number of carbonyl (C=O) groups is 2. The van der Waals surface area contributed by atoms with Crippen molar-refractivity contribution in [3.8, 4) is 0 Å². The summed E-state index contributed by atoms with van der Waals surface area (Å²) < 4.78 is 0. The van der Waals surface area contributed by atoms with Gasteiger partial charge in [0.2, 0.25) is 5.91 Å². The molecule has 0 aromatic carbocycles. The first-order valence-electron chi connectivity index (χ1n) is 7.43. The molecular weight excluding hydrogens is 282 g/mol. The number of nitrogens with zero attached hydrogens (tertiary/aromatic N) is 2. The Kier molecular flexibility index (Phi) is 6.34. The van der Waals surface area contributed by atoms with Crippen molar-refractivity contribution in [1.29, 1.82) is 0 Å². The molecule has 1 heterocycles. The minimum Gasteiger partial charge on any atom is -0.465 e. The van der Waals surface area contributed by atoms with E-state index in [-0.39, 0.29) is 12.5 Å². The Morgan fingerprint density at radius 2 is 1.91 bits per heavy atom. The molecule has 0 saturated heterocycles. The van der Waals surface area contributed by atoms with E-state index in [1.807, 2.05) is 0 Å². The lowest BCUT2D eigenvalue weighted by atomic mass is 10.0. The SMILES string of the molecule is CC(C)CCNC(=O)C(C)(C)N(Cc1ccncc1)C(=O)O. The molecule has 0 bridgehead atoms. The van der Waals surface area contributed by atoms with Gasteiger partial charge in [0.05, 0.1) is 6.54 Å². The molecule has 0 fully saturated rings. The Morgan fingerprint density at radius 1 is 1.32 bits per heavy atom. The van der Waals surface area contributed by atoms with Crippen LogP contribution in [0.2, 0.25) is 0 Å². The van der Waals surface area contributed by atoms with E-state index in [4.69, 9.17) is 0 Å². The van der Waals surface area contributed by atoms with Gasteiger partial charge >= 0.3 is 6.09 Å². The van der Waals surface area contributed by atoms with Crippen molar-refractivity contribution >= 4 is 12.0 Å². The van der Waals surface area contributed by atoms with Crippen LogP contribution in [0.1, 0.15) is 39.7 Å². The van der Waals surface area contributed by atoms with E-state index >= 15 is 0 Å². The van der Waals surface area contributed by atoms with E-state index in [1.165, 1.54) is 0 Å². The van der Waals surface area contributed by atoms with Crippen LogP contribution in [-0.2, 0) is 11.3 Å². The molecule has 0 spiro atoms. The van der Waals surface area contributed by atoms with Crippen LogP contribution in [0.15, 0.2) is 24.5 Å². The predicted molar refractivity (Wildman–Crippen MR) is 84.3 cm³/mol. The van der Waals surface area contributed by atoms with Gasteiger partial charge in [-0.25, -0.2) is 4.79 Å². The molecule has 0 aliphatic rings. The molecule has 0 aliphatic heterocycles. The highest BCUT2D eigenvalue weighted by Gasteiger charge is 2.37. The first-order valence-corrected chi connectivity index (χ1v) is 7.43. The van der Waals surface area contributed by atoms with Gasteiger partial charge in [0, 0.05) is 18.9 Å². The molecular formula is C16H25N3O3. The van der Waals surface area contributed by atoms with E-state index in [2.05, 4.69) is 24.1 Å². The molecule has 2 N–H and O–H groups in total. The number of hydrogen-bond donors (Lipinski definition) is 2. The monoisotopic (exact) mass is 307 g/mol. The molecule has 6 nitrogen and oxygen atoms in total. The van der Waals surface area contributed by atoms with Crippen molar-refractivity contribution in [2.75, 3.05) is 6.54 Å². The summed E-state index contributed by atoms with van der Waals surface area (Å²) in [5.41, 5.74) is -0.355. The molecule has 6 heteroatoms. The van der Waals surface area contributed by atoms with Gasteiger partial charge in [0.25, 0.3) is 0 Å². The van der Waals surface area contributed by atoms with Gasteiger partial charge in [0.1, 0.15) is 5.54 Å². The molecule has 0 radical (unpaired) electrons. The van der Waals surface area contributed by atoms with Crippen molar-refractivity contribution < 1.29 is 14.7 Å². The third-order valence-electron chi connectivity index (χ3n) is 3.56. The fraction of sp³-hybridized carbons (Fsp3) is 0.562. The molecule has 0 saturated carbocycles. The summed E-state index contributed by atoms with van der Waals surface area (Å²) in [7, 11) is 0. The third-order valence-corrected chi connectivity index (χ3v) is 3.56. The summed E-state index contributed by atoms with van der Waals surface area (Å²) >= 11 is 0. The van der Waals surface area contributed by atoms with E-state index in [9.17, 15) is 14.7 Å². The van der Waals surface area contributed by atoms with Crippen LogP contribution in [0, 0.1) is 5.92 Å².